The van der Waals surface area contributed by atoms with Crippen molar-refractivity contribution in [3.63, 3.8) is 0 Å². The third-order valence-electron chi connectivity index (χ3n) is 6.84. The van der Waals surface area contributed by atoms with Gasteiger partial charge in [-0.15, -0.1) is 0 Å². The number of likely N-dealkylation sites (tertiary alicyclic amines) is 1. The largest absolute Gasteiger partial charge is 0.306 e. The predicted octanol–water partition coefficient (Wildman–Crippen LogP) is 4.17. The van der Waals surface area contributed by atoms with E-state index in [-0.39, 0.29) is 0 Å². The molecule has 0 bridgehead atoms. The fraction of sp³-hybridized carbons (Fsp3) is 0.538. The van der Waals surface area contributed by atoms with Crippen molar-refractivity contribution in [2.75, 3.05) is 59.4 Å². The smallest absolute Gasteiger partial charge is 0.0110 e. The number of piperazine rings is 1. The van der Waals surface area contributed by atoms with Crippen molar-refractivity contribution in [2.24, 2.45) is 5.92 Å². The number of hydrogen-bond donors (Lipinski definition) is 0. The average Bonchev–Trinajstić information content (AvgIpc) is 2.77. The van der Waals surface area contributed by atoms with Gasteiger partial charge in [-0.1, -0.05) is 60.7 Å². The topological polar surface area (TPSA) is 9.72 Å². The van der Waals surface area contributed by atoms with E-state index in [4.69, 9.17) is 0 Å². The summed E-state index contributed by atoms with van der Waals surface area (Å²) >= 11 is 0. The van der Waals surface area contributed by atoms with Crippen LogP contribution in [0.4, 0.5) is 0 Å². The summed E-state index contributed by atoms with van der Waals surface area (Å²) in [6, 6.07) is 22.1. The van der Waals surface area contributed by atoms with Crippen LogP contribution in [0.25, 0.3) is 0 Å². The second-order valence-corrected chi connectivity index (χ2v) is 9.08. The van der Waals surface area contributed by atoms with E-state index in [2.05, 4.69) is 82.4 Å². The van der Waals surface area contributed by atoms with Gasteiger partial charge in [0.2, 0.25) is 0 Å². The Hall–Kier alpha value is -1.68. The van der Waals surface area contributed by atoms with E-state index in [9.17, 15) is 0 Å². The van der Waals surface area contributed by atoms with Gasteiger partial charge in [-0.25, -0.2) is 0 Å². The van der Waals surface area contributed by atoms with Crippen molar-refractivity contribution in [1.29, 1.82) is 0 Å². The summed E-state index contributed by atoms with van der Waals surface area (Å²) in [5.74, 6) is 1.37. The Morgan fingerprint density at radius 1 is 0.793 bits per heavy atom. The van der Waals surface area contributed by atoms with Crippen LogP contribution in [-0.2, 0) is 0 Å². The Labute approximate surface area is 177 Å². The number of piperidine rings is 1. The van der Waals surface area contributed by atoms with Gasteiger partial charge in [0.15, 0.2) is 0 Å². The molecule has 2 saturated heterocycles. The van der Waals surface area contributed by atoms with E-state index in [0.29, 0.717) is 5.92 Å². The van der Waals surface area contributed by atoms with Gasteiger partial charge in [0.1, 0.15) is 0 Å². The fourth-order valence-electron chi connectivity index (χ4n) is 5.19. The first-order valence-electron chi connectivity index (χ1n) is 11.5. The predicted molar refractivity (Wildman–Crippen MR) is 122 cm³/mol. The molecule has 2 aromatic carbocycles. The van der Waals surface area contributed by atoms with Crippen LogP contribution in [0.15, 0.2) is 60.7 Å². The average molecular weight is 392 g/mol. The minimum Gasteiger partial charge on any atom is -0.306 e. The van der Waals surface area contributed by atoms with E-state index < -0.39 is 0 Å². The second-order valence-electron chi connectivity index (χ2n) is 9.08. The molecule has 2 fully saturated rings. The third kappa shape index (κ3) is 5.91. The van der Waals surface area contributed by atoms with Crippen LogP contribution in [0.3, 0.4) is 0 Å². The highest BCUT2D eigenvalue weighted by Gasteiger charge is 2.24. The molecule has 0 saturated carbocycles. The van der Waals surface area contributed by atoms with E-state index in [1.165, 1.54) is 82.7 Å². The normalized spacial score (nSPS) is 22.2. The maximum atomic E-state index is 2.71. The zero-order valence-corrected chi connectivity index (χ0v) is 18.0. The van der Waals surface area contributed by atoms with Gasteiger partial charge in [-0.2, -0.15) is 0 Å². The van der Waals surface area contributed by atoms with Crippen LogP contribution in [-0.4, -0.2) is 74.1 Å². The molecular formula is C26H37N3. The Morgan fingerprint density at radius 2 is 1.38 bits per heavy atom. The maximum Gasteiger partial charge on any atom is 0.0110 e. The van der Waals surface area contributed by atoms with Crippen LogP contribution in [0.5, 0.6) is 0 Å². The molecule has 0 amide bonds. The quantitative estimate of drug-likeness (QED) is 0.701. The minimum absolute atomic E-state index is 0.494. The molecule has 0 aliphatic carbocycles. The van der Waals surface area contributed by atoms with Crippen molar-refractivity contribution in [1.82, 2.24) is 14.7 Å². The maximum absolute atomic E-state index is 2.71. The molecule has 156 valence electrons. The zero-order valence-electron chi connectivity index (χ0n) is 18.0. The Morgan fingerprint density at radius 3 is 1.97 bits per heavy atom. The lowest BCUT2D eigenvalue weighted by atomic mass is 9.88. The van der Waals surface area contributed by atoms with Gasteiger partial charge in [0.05, 0.1) is 0 Å². The number of nitrogens with zero attached hydrogens (tertiary/aromatic N) is 3. The Kier molecular flexibility index (Phi) is 7.37. The van der Waals surface area contributed by atoms with Crippen LogP contribution in [0, 0.1) is 5.92 Å². The van der Waals surface area contributed by atoms with Crippen molar-refractivity contribution in [2.45, 2.75) is 25.2 Å². The van der Waals surface area contributed by atoms with Crippen molar-refractivity contribution in [3.8, 4) is 0 Å². The Bertz CT molecular complexity index is 670. The Balaban J connectivity index is 1.28. The van der Waals surface area contributed by atoms with Gasteiger partial charge < -0.3 is 14.7 Å². The van der Waals surface area contributed by atoms with Gasteiger partial charge in [0, 0.05) is 45.2 Å². The van der Waals surface area contributed by atoms with Crippen LogP contribution in [0.1, 0.15) is 36.3 Å². The molecule has 1 unspecified atom stereocenters. The number of benzene rings is 2. The van der Waals surface area contributed by atoms with E-state index >= 15 is 0 Å². The SMILES string of the molecule is CN1CCCC(CN2CCN(CCC(c3ccccc3)c3ccccc3)CC2)C1. The molecule has 2 aromatic rings. The lowest BCUT2D eigenvalue weighted by Crippen LogP contribution is -2.49. The van der Waals surface area contributed by atoms with E-state index in [1.54, 1.807) is 0 Å². The number of hydrogen-bond acceptors (Lipinski definition) is 3. The van der Waals surface area contributed by atoms with Crippen LogP contribution in [0.2, 0.25) is 0 Å². The molecule has 0 spiro atoms. The highest BCUT2D eigenvalue weighted by atomic mass is 15.3. The molecule has 0 aromatic heterocycles. The molecular weight excluding hydrogens is 354 g/mol. The monoisotopic (exact) mass is 391 g/mol. The molecule has 3 nitrogen and oxygen atoms in total. The molecule has 29 heavy (non-hydrogen) atoms. The van der Waals surface area contributed by atoms with Crippen molar-refractivity contribution < 1.29 is 0 Å². The van der Waals surface area contributed by atoms with Gasteiger partial charge >= 0.3 is 0 Å². The highest BCUT2D eigenvalue weighted by Crippen LogP contribution is 2.28. The lowest BCUT2D eigenvalue weighted by molar-refractivity contribution is 0.0952. The molecule has 2 aliphatic heterocycles. The van der Waals surface area contributed by atoms with E-state index in [0.717, 1.165) is 5.92 Å². The summed E-state index contributed by atoms with van der Waals surface area (Å²) in [4.78, 5) is 7.91. The number of rotatable bonds is 7. The lowest BCUT2D eigenvalue weighted by Gasteiger charge is -2.39. The molecule has 2 heterocycles. The van der Waals surface area contributed by atoms with Gasteiger partial charge in [-0.3, -0.25) is 0 Å². The molecule has 1 atom stereocenters. The third-order valence-corrected chi connectivity index (χ3v) is 6.84. The molecule has 4 rings (SSSR count). The summed E-state index contributed by atoms with van der Waals surface area (Å²) in [6.07, 6.45) is 3.99. The van der Waals surface area contributed by atoms with Gasteiger partial charge in [0.25, 0.3) is 0 Å². The summed E-state index contributed by atoms with van der Waals surface area (Å²) in [6.45, 7) is 9.98. The summed E-state index contributed by atoms with van der Waals surface area (Å²) in [7, 11) is 2.28. The van der Waals surface area contributed by atoms with Crippen molar-refractivity contribution in [3.05, 3.63) is 71.8 Å². The fourth-order valence-corrected chi connectivity index (χ4v) is 5.19. The highest BCUT2D eigenvalue weighted by molar-refractivity contribution is 5.32. The summed E-state index contributed by atoms with van der Waals surface area (Å²) in [5.41, 5.74) is 2.89. The first-order chi connectivity index (χ1) is 14.3. The molecule has 2 aliphatic rings. The van der Waals surface area contributed by atoms with Crippen LogP contribution >= 0.6 is 0 Å². The first kappa shape index (κ1) is 20.6. The van der Waals surface area contributed by atoms with E-state index in [1.807, 2.05) is 0 Å². The summed E-state index contributed by atoms with van der Waals surface area (Å²) < 4.78 is 0. The van der Waals surface area contributed by atoms with Crippen molar-refractivity contribution >= 4 is 0 Å². The summed E-state index contributed by atoms with van der Waals surface area (Å²) in [5, 5.41) is 0. The second kappa shape index (κ2) is 10.4. The van der Waals surface area contributed by atoms with Crippen LogP contribution < -0.4 is 0 Å². The zero-order chi connectivity index (χ0) is 19.9. The first-order valence-corrected chi connectivity index (χ1v) is 11.5. The standard InChI is InChI=1S/C26H37N3/c1-27-15-8-9-23(21-27)22-29-19-17-28(18-20-29)16-14-26(24-10-4-2-5-11-24)25-12-6-3-7-13-25/h2-7,10-13,23,26H,8-9,14-22H2,1H3. The van der Waals surface area contributed by atoms with Gasteiger partial charge in [-0.05, 0) is 56.4 Å². The molecule has 0 N–H and O–H groups in total. The minimum atomic E-state index is 0.494. The molecule has 0 radical (unpaired) electrons. The molecule has 3 heteroatoms.